The number of hydrogen-bond donors (Lipinski definition) is 1. The van der Waals surface area contributed by atoms with Crippen molar-refractivity contribution in [2.24, 2.45) is 0 Å². The van der Waals surface area contributed by atoms with Crippen molar-refractivity contribution in [3.05, 3.63) is 26.9 Å². The number of rotatable bonds is 3. The first-order chi connectivity index (χ1) is 9.08. The zero-order chi connectivity index (χ0) is 13.8. The van der Waals surface area contributed by atoms with Gasteiger partial charge in [0.25, 0.3) is 0 Å². The Labute approximate surface area is 122 Å². The average Bonchev–Trinajstić information content (AvgIpc) is 2.81. The molecule has 0 saturated carbocycles. The van der Waals surface area contributed by atoms with Crippen LogP contribution in [0.5, 0.6) is 0 Å². The largest absolute Gasteiger partial charge is 0.480 e. The zero-order valence-electron chi connectivity index (χ0n) is 9.91. The van der Waals surface area contributed by atoms with Gasteiger partial charge in [-0.2, -0.15) is 0 Å². The van der Waals surface area contributed by atoms with Crippen molar-refractivity contribution >= 4 is 45.2 Å². The van der Waals surface area contributed by atoms with Crippen molar-refractivity contribution in [1.82, 2.24) is 4.90 Å². The number of carboxylic acid groups (broad SMARTS) is 1. The molecule has 0 spiro atoms. The minimum absolute atomic E-state index is 0.0411. The molecule has 1 aromatic heterocycles. The van der Waals surface area contributed by atoms with Crippen molar-refractivity contribution in [2.75, 3.05) is 19.8 Å². The predicted molar refractivity (Wildman–Crippen MR) is 75.0 cm³/mol. The maximum Gasteiger partial charge on any atom is 0.328 e. The lowest BCUT2D eigenvalue weighted by molar-refractivity contribution is -0.156. The van der Waals surface area contributed by atoms with Gasteiger partial charge in [-0.05, 0) is 34.1 Å². The Morgan fingerprint density at radius 1 is 1.53 bits per heavy atom. The summed E-state index contributed by atoms with van der Waals surface area (Å²) in [4.78, 5) is 25.3. The lowest BCUT2D eigenvalue weighted by atomic mass is 10.2. The molecule has 19 heavy (non-hydrogen) atoms. The smallest absolute Gasteiger partial charge is 0.328 e. The van der Waals surface area contributed by atoms with Gasteiger partial charge >= 0.3 is 5.97 Å². The third kappa shape index (κ3) is 3.65. The van der Waals surface area contributed by atoms with Gasteiger partial charge in [-0.25, -0.2) is 4.79 Å². The summed E-state index contributed by atoms with van der Waals surface area (Å²) < 4.78 is 6.07. The SMILES string of the molecule is O=C(O)C1COCCN1C(=O)C=Cc1ccc(Br)s1. The number of thiophene rings is 1. The van der Waals surface area contributed by atoms with Crippen molar-refractivity contribution in [2.45, 2.75) is 6.04 Å². The Hall–Kier alpha value is -1.18. The fraction of sp³-hybridized carbons (Fsp3) is 0.333. The van der Waals surface area contributed by atoms with Gasteiger partial charge in [-0.1, -0.05) is 0 Å². The van der Waals surface area contributed by atoms with Crippen LogP contribution in [-0.2, 0) is 14.3 Å². The average molecular weight is 346 g/mol. The number of carboxylic acids is 1. The van der Waals surface area contributed by atoms with E-state index in [2.05, 4.69) is 15.9 Å². The van der Waals surface area contributed by atoms with Gasteiger partial charge in [0.15, 0.2) is 6.04 Å². The van der Waals surface area contributed by atoms with Gasteiger partial charge in [-0.3, -0.25) is 4.79 Å². The molecular formula is C12H12BrNO4S. The second kappa shape index (κ2) is 6.31. The minimum Gasteiger partial charge on any atom is -0.480 e. The first kappa shape index (κ1) is 14.2. The number of halogens is 1. The minimum atomic E-state index is -1.04. The molecule has 1 aromatic rings. The molecule has 1 atom stereocenters. The fourth-order valence-electron chi connectivity index (χ4n) is 1.74. The Morgan fingerprint density at radius 2 is 2.32 bits per heavy atom. The molecule has 0 aliphatic carbocycles. The summed E-state index contributed by atoms with van der Waals surface area (Å²) in [5.74, 6) is -1.35. The summed E-state index contributed by atoms with van der Waals surface area (Å²) in [7, 11) is 0. The fourth-order valence-corrected chi connectivity index (χ4v) is 3.07. The van der Waals surface area contributed by atoms with Crippen LogP contribution in [0.1, 0.15) is 4.88 Å². The molecule has 102 valence electrons. The standard InChI is InChI=1S/C12H12BrNO4S/c13-10-3-1-8(19-10)2-4-11(15)14-5-6-18-7-9(14)12(16)17/h1-4,9H,5-7H2,(H,16,17). The van der Waals surface area contributed by atoms with Crippen LogP contribution in [0.15, 0.2) is 22.0 Å². The summed E-state index contributed by atoms with van der Waals surface area (Å²) in [6.45, 7) is 0.710. The van der Waals surface area contributed by atoms with Gasteiger partial charge < -0.3 is 14.7 Å². The molecule has 1 amide bonds. The number of aliphatic carboxylic acids is 1. The number of morpholine rings is 1. The number of carbonyl (C=O) groups is 2. The van der Waals surface area contributed by atoms with Crippen LogP contribution < -0.4 is 0 Å². The van der Waals surface area contributed by atoms with Crippen molar-refractivity contribution in [1.29, 1.82) is 0 Å². The second-order valence-corrected chi connectivity index (χ2v) is 6.43. The topological polar surface area (TPSA) is 66.8 Å². The predicted octanol–water partition coefficient (Wildman–Crippen LogP) is 1.84. The molecule has 2 rings (SSSR count). The summed E-state index contributed by atoms with van der Waals surface area (Å²) in [6.07, 6.45) is 3.09. The van der Waals surface area contributed by atoms with E-state index in [4.69, 9.17) is 9.84 Å². The Morgan fingerprint density at radius 3 is 2.95 bits per heavy atom. The van der Waals surface area contributed by atoms with E-state index in [-0.39, 0.29) is 12.5 Å². The molecule has 1 aliphatic heterocycles. The van der Waals surface area contributed by atoms with Crippen LogP contribution in [0.2, 0.25) is 0 Å². The Bertz CT molecular complexity index is 514. The van der Waals surface area contributed by atoms with Gasteiger partial charge in [0.1, 0.15) is 0 Å². The van der Waals surface area contributed by atoms with E-state index < -0.39 is 12.0 Å². The molecule has 1 N–H and O–H groups in total. The molecule has 0 bridgehead atoms. The number of carbonyl (C=O) groups excluding carboxylic acids is 1. The van der Waals surface area contributed by atoms with Crippen LogP contribution in [0.25, 0.3) is 6.08 Å². The normalized spacial score (nSPS) is 19.8. The van der Waals surface area contributed by atoms with Gasteiger partial charge in [-0.15, -0.1) is 11.3 Å². The highest BCUT2D eigenvalue weighted by Gasteiger charge is 2.31. The van der Waals surface area contributed by atoms with E-state index in [1.54, 1.807) is 6.08 Å². The van der Waals surface area contributed by atoms with Crippen LogP contribution in [0.3, 0.4) is 0 Å². The highest BCUT2D eigenvalue weighted by molar-refractivity contribution is 9.11. The Kier molecular flexibility index (Phi) is 4.73. The third-order valence-electron chi connectivity index (χ3n) is 2.68. The lowest BCUT2D eigenvalue weighted by Gasteiger charge is -2.31. The molecular weight excluding hydrogens is 334 g/mol. The maximum absolute atomic E-state index is 12.0. The van der Waals surface area contributed by atoms with E-state index in [9.17, 15) is 9.59 Å². The van der Waals surface area contributed by atoms with E-state index in [0.29, 0.717) is 13.2 Å². The Balaban J connectivity index is 2.05. The third-order valence-corrected chi connectivity index (χ3v) is 4.27. The van der Waals surface area contributed by atoms with E-state index in [1.165, 1.54) is 22.3 Å². The van der Waals surface area contributed by atoms with Gasteiger partial charge in [0.05, 0.1) is 17.0 Å². The number of ether oxygens (including phenoxy) is 1. The zero-order valence-corrected chi connectivity index (χ0v) is 12.3. The summed E-state index contributed by atoms with van der Waals surface area (Å²) in [5.41, 5.74) is 0. The molecule has 2 heterocycles. The van der Waals surface area contributed by atoms with Gasteiger partial charge in [0.2, 0.25) is 5.91 Å². The molecule has 0 aromatic carbocycles. The molecule has 1 unspecified atom stereocenters. The van der Waals surface area contributed by atoms with Crippen LogP contribution in [-0.4, -0.2) is 47.7 Å². The van der Waals surface area contributed by atoms with Crippen molar-refractivity contribution < 1.29 is 19.4 Å². The summed E-state index contributed by atoms with van der Waals surface area (Å²) >= 11 is 4.84. The maximum atomic E-state index is 12.0. The van der Waals surface area contributed by atoms with Crippen LogP contribution >= 0.6 is 27.3 Å². The number of amides is 1. The second-order valence-electron chi connectivity index (χ2n) is 3.94. The van der Waals surface area contributed by atoms with Crippen molar-refractivity contribution in [3.8, 4) is 0 Å². The summed E-state index contributed by atoms with van der Waals surface area (Å²) in [6, 6.07) is 2.87. The van der Waals surface area contributed by atoms with Gasteiger partial charge in [0, 0.05) is 17.5 Å². The number of nitrogens with zero attached hydrogens (tertiary/aromatic N) is 1. The first-order valence-electron chi connectivity index (χ1n) is 5.62. The molecule has 0 radical (unpaired) electrons. The van der Waals surface area contributed by atoms with Crippen LogP contribution in [0, 0.1) is 0 Å². The molecule has 7 heteroatoms. The highest BCUT2D eigenvalue weighted by Crippen LogP contribution is 2.23. The van der Waals surface area contributed by atoms with E-state index in [0.717, 1.165) is 8.66 Å². The highest BCUT2D eigenvalue weighted by atomic mass is 79.9. The lowest BCUT2D eigenvalue weighted by Crippen LogP contribution is -2.52. The summed E-state index contributed by atoms with van der Waals surface area (Å²) in [5, 5.41) is 9.04. The molecule has 1 aliphatic rings. The monoisotopic (exact) mass is 345 g/mol. The number of hydrogen-bond acceptors (Lipinski definition) is 4. The van der Waals surface area contributed by atoms with Crippen molar-refractivity contribution in [3.63, 3.8) is 0 Å². The quantitative estimate of drug-likeness (QED) is 0.848. The molecule has 1 saturated heterocycles. The van der Waals surface area contributed by atoms with Crippen LogP contribution in [0.4, 0.5) is 0 Å². The first-order valence-corrected chi connectivity index (χ1v) is 7.23. The molecule has 5 nitrogen and oxygen atoms in total. The van der Waals surface area contributed by atoms with E-state index in [1.807, 2.05) is 12.1 Å². The van der Waals surface area contributed by atoms with E-state index >= 15 is 0 Å². The molecule has 1 fully saturated rings.